The Bertz CT molecular complexity index is 428. The van der Waals surface area contributed by atoms with E-state index in [2.05, 4.69) is 5.32 Å². The quantitative estimate of drug-likeness (QED) is 0.766. The molecule has 0 spiro atoms. The highest BCUT2D eigenvalue weighted by molar-refractivity contribution is 5.29. The minimum atomic E-state index is -0.454. The lowest BCUT2D eigenvalue weighted by Gasteiger charge is -2.18. The number of aliphatic hydroxyl groups excluding tert-OH is 1. The van der Waals surface area contributed by atoms with Gasteiger partial charge in [-0.25, -0.2) is 0 Å². The fourth-order valence-electron chi connectivity index (χ4n) is 3.12. The highest BCUT2D eigenvalue weighted by Gasteiger charge is 2.40. The average Bonchev–Trinajstić information content (AvgIpc) is 3.36. The van der Waals surface area contributed by atoms with E-state index in [-0.39, 0.29) is 0 Å². The second-order valence-electron chi connectivity index (χ2n) is 6.29. The molecule has 1 aromatic rings. The molecule has 2 aliphatic rings. The lowest BCUT2D eigenvalue weighted by Crippen LogP contribution is -2.29. The molecule has 1 atom stereocenters. The van der Waals surface area contributed by atoms with Crippen LogP contribution in [-0.4, -0.2) is 25.3 Å². The second kappa shape index (κ2) is 6.15. The van der Waals surface area contributed by atoms with Crippen LogP contribution in [0.4, 0.5) is 0 Å². The maximum absolute atomic E-state index is 10.2. The van der Waals surface area contributed by atoms with Gasteiger partial charge in [-0.15, -0.1) is 0 Å². The molecule has 0 aromatic heterocycles. The van der Waals surface area contributed by atoms with Gasteiger partial charge in [-0.05, 0) is 67.7 Å². The fraction of sp³-hybridized carbons (Fsp3) is 0.647. The first-order valence-corrected chi connectivity index (χ1v) is 7.80. The normalized spacial score (nSPS) is 20.1. The van der Waals surface area contributed by atoms with Gasteiger partial charge in [-0.1, -0.05) is 12.1 Å². The summed E-state index contributed by atoms with van der Waals surface area (Å²) in [6.07, 6.45) is 5.22. The Morgan fingerprint density at radius 3 is 2.50 bits per heavy atom. The van der Waals surface area contributed by atoms with Gasteiger partial charge in [0.2, 0.25) is 0 Å². The minimum absolute atomic E-state index is 0.454. The molecule has 0 bridgehead atoms. The maximum atomic E-state index is 10.2. The van der Waals surface area contributed by atoms with Crippen molar-refractivity contribution < 1.29 is 9.84 Å². The first-order valence-electron chi connectivity index (χ1n) is 7.80. The van der Waals surface area contributed by atoms with Crippen molar-refractivity contribution in [1.29, 1.82) is 0 Å². The topological polar surface area (TPSA) is 41.5 Å². The van der Waals surface area contributed by atoms with Crippen LogP contribution in [0.15, 0.2) is 24.3 Å². The van der Waals surface area contributed by atoms with E-state index in [9.17, 15) is 5.11 Å². The zero-order chi connectivity index (χ0) is 13.9. The summed E-state index contributed by atoms with van der Waals surface area (Å²) in [5, 5.41) is 13.7. The van der Waals surface area contributed by atoms with Crippen LogP contribution >= 0.6 is 0 Å². The van der Waals surface area contributed by atoms with E-state index in [1.807, 2.05) is 24.3 Å². The van der Waals surface area contributed by atoms with E-state index < -0.39 is 6.10 Å². The zero-order valence-corrected chi connectivity index (χ0v) is 12.2. The third-order valence-electron chi connectivity index (χ3n) is 4.65. The van der Waals surface area contributed by atoms with E-state index in [1.54, 1.807) is 7.11 Å². The number of hydrogen-bond donors (Lipinski definition) is 2. The van der Waals surface area contributed by atoms with E-state index >= 15 is 0 Å². The molecular weight excluding hydrogens is 250 g/mol. The molecule has 1 unspecified atom stereocenters. The lowest BCUT2D eigenvalue weighted by atomic mass is 9.98. The SMILES string of the molecule is COc1cccc(C(O)CNCC(C2CC2)C2CC2)c1. The average molecular weight is 275 g/mol. The molecule has 3 rings (SSSR count). The first-order chi connectivity index (χ1) is 9.78. The summed E-state index contributed by atoms with van der Waals surface area (Å²) in [5.41, 5.74) is 0.922. The number of methoxy groups -OCH3 is 1. The largest absolute Gasteiger partial charge is 0.497 e. The number of benzene rings is 1. The predicted octanol–water partition coefficient (Wildman–Crippen LogP) is 2.75. The number of aliphatic hydroxyl groups is 1. The summed E-state index contributed by atoms with van der Waals surface area (Å²) in [6.45, 7) is 1.69. The van der Waals surface area contributed by atoms with Crippen LogP contribution in [0.25, 0.3) is 0 Å². The monoisotopic (exact) mass is 275 g/mol. The van der Waals surface area contributed by atoms with E-state index in [0.29, 0.717) is 6.54 Å². The standard InChI is InChI=1S/C17H25NO2/c1-20-15-4-2-3-14(9-15)17(19)11-18-10-16(12-5-6-12)13-7-8-13/h2-4,9,12-13,16-19H,5-8,10-11H2,1H3. The Morgan fingerprint density at radius 2 is 1.90 bits per heavy atom. The lowest BCUT2D eigenvalue weighted by molar-refractivity contribution is 0.170. The summed E-state index contributed by atoms with van der Waals surface area (Å²) in [4.78, 5) is 0. The molecule has 0 radical (unpaired) electrons. The molecule has 2 fully saturated rings. The third-order valence-corrected chi connectivity index (χ3v) is 4.65. The number of rotatable bonds is 8. The van der Waals surface area contributed by atoms with E-state index in [0.717, 1.165) is 35.6 Å². The van der Waals surface area contributed by atoms with Crippen molar-refractivity contribution in [3.05, 3.63) is 29.8 Å². The molecule has 1 aromatic carbocycles. The van der Waals surface area contributed by atoms with Crippen LogP contribution < -0.4 is 10.1 Å². The molecule has 0 aliphatic heterocycles. The molecule has 0 amide bonds. The van der Waals surface area contributed by atoms with Gasteiger partial charge in [0.15, 0.2) is 0 Å². The number of ether oxygens (including phenoxy) is 1. The van der Waals surface area contributed by atoms with Gasteiger partial charge >= 0.3 is 0 Å². The van der Waals surface area contributed by atoms with Crippen molar-refractivity contribution in [2.45, 2.75) is 31.8 Å². The summed E-state index contributed by atoms with van der Waals surface area (Å²) in [6, 6.07) is 7.69. The predicted molar refractivity (Wildman–Crippen MR) is 79.8 cm³/mol. The molecule has 2 N–H and O–H groups in total. The van der Waals surface area contributed by atoms with Crippen LogP contribution in [0, 0.1) is 17.8 Å². The van der Waals surface area contributed by atoms with Gasteiger partial charge in [-0.3, -0.25) is 0 Å². The van der Waals surface area contributed by atoms with Crippen molar-refractivity contribution in [2.24, 2.45) is 17.8 Å². The Morgan fingerprint density at radius 1 is 1.20 bits per heavy atom. The molecule has 2 aliphatic carbocycles. The van der Waals surface area contributed by atoms with Crippen molar-refractivity contribution >= 4 is 0 Å². The van der Waals surface area contributed by atoms with Crippen LogP contribution in [0.1, 0.15) is 37.4 Å². The summed E-state index contributed by atoms with van der Waals surface area (Å²) < 4.78 is 5.20. The van der Waals surface area contributed by atoms with Crippen LogP contribution in [0.5, 0.6) is 5.75 Å². The van der Waals surface area contributed by atoms with Gasteiger partial charge in [0, 0.05) is 6.54 Å². The molecule has 3 heteroatoms. The number of hydrogen-bond acceptors (Lipinski definition) is 3. The summed E-state index contributed by atoms with van der Waals surface area (Å²) in [5.74, 6) is 3.58. The third kappa shape index (κ3) is 3.53. The molecule has 110 valence electrons. The highest BCUT2D eigenvalue weighted by Crippen LogP contribution is 2.48. The Kier molecular flexibility index (Phi) is 4.27. The minimum Gasteiger partial charge on any atom is -0.497 e. The highest BCUT2D eigenvalue weighted by atomic mass is 16.5. The molecular formula is C17H25NO2. The van der Waals surface area contributed by atoms with Crippen molar-refractivity contribution in [1.82, 2.24) is 5.32 Å². The Balaban J connectivity index is 1.47. The van der Waals surface area contributed by atoms with Gasteiger partial charge < -0.3 is 15.2 Å². The second-order valence-corrected chi connectivity index (χ2v) is 6.29. The van der Waals surface area contributed by atoms with E-state index in [4.69, 9.17) is 4.74 Å². The molecule has 2 saturated carbocycles. The molecule has 20 heavy (non-hydrogen) atoms. The van der Waals surface area contributed by atoms with Crippen LogP contribution in [0.3, 0.4) is 0 Å². The zero-order valence-electron chi connectivity index (χ0n) is 12.2. The Hall–Kier alpha value is -1.06. The van der Waals surface area contributed by atoms with Crippen molar-refractivity contribution in [3.8, 4) is 5.75 Å². The van der Waals surface area contributed by atoms with Crippen LogP contribution in [0.2, 0.25) is 0 Å². The van der Waals surface area contributed by atoms with Crippen molar-refractivity contribution in [3.63, 3.8) is 0 Å². The van der Waals surface area contributed by atoms with Crippen LogP contribution in [-0.2, 0) is 0 Å². The molecule has 0 saturated heterocycles. The van der Waals surface area contributed by atoms with Gasteiger partial charge in [0.05, 0.1) is 13.2 Å². The summed E-state index contributed by atoms with van der Waals surface area (Å²) >= 11 is 0. The maximum Gasteiger partial charge on any atom is 0.119 e. The first kappa shape index (κ1) is 13.9. The Labute approximate surface area is 121 Å². The molecule has 0 heterocycles. The molecule has 3 nitrogen and oxygen atoms in total. The van der Waals surface area contributed by atoms with Crippen molar-refractivity contribution in [2.75, 3.05) is 20.2 Å². The fourth-order valence-corrected chi connectivity index (χ4v) is 3.12. The van der Waals surface area contributed by atoms with Gasteiger partial charge in [0.25, 0.3) is 0 Å². The number of nitrogens with one attached hydrogen (secondary N) is 1. The van der Waals surface area contributed by atoms with Gasteiger partial charge in [-0.2, -0.15) is 0 Å². The van der Waals surface area contributed by atoms with E-state index in [1.165, 1.54) is 25.7 Å². The smallest absolute Gasteiger partial charge is 0.119 e. The van der Waals surface area contributed by atoms with Gasteiger partial charge in [0.1, 0.15) is 5.75 Å². The summed E-state index contributed by atoms with van der Waals surface area (Å²) in [7, 11) is 1.65.